The summed E-state index contributed by atoms with van der Waals surface area (Å²) in [5, 5.41) is 2.82. The lowest BCUT2D eigenvalue weighted by molar-refractivity contribution is -0.110. The van der Waals surface area contributed by atoms with Crippen molar-refractivity contribution in [2.45, 2.75) is 36.2 Å². The van der Waals surface area contributed by atoms with E-state index >= 15 is 0 Å². The van der Waals surface area contributed by atoms with E-state index in [9.17, 15) is 18.0 Å². The van der Waals surface area contributed by atoms with Crippen LogP contribution >= 0.6 is 11.8 Å². The van der Waals surface area contributed by atoms with Crippen molar-refractivity contribution in [3.63, 3.8) is 0 Å². The third kappa shape index (κ3) is 5.03. The average Bonchev–Trinajstić information content (AvgIpc) is 2.54. The minimum Gasteiger partial charge on any atom is -0.352 e. The lowest BCUT2D eigenvalue weighted by atomic mass is 9.93. The van der Waals surface area contributed by atoms with Gasteiger partial charge in [0.25, 0.3) is 0 Å². The summed E-state index contributed by atoms with van der Waals surface area (Å²) in [5.74, 6) is 0. The smallest absolute Gasteiger partial charge is 0.352 e. The lowest BCUT2D eigenvalue weighted by Crippen LogP contribution is -2.20. The van der Waals surface area contributed by atoms with Crippen LogP contribution in [0.5, 0.6) is 0 Å². The molecule has 0 aliphatic rings. The van der Waals surface area contributed by atoms with E-state index in [1.54, 1.807) is 12.1 Å². The largest absolute Gasteiger partial charge is 0.446 e. The first-order valence-corrected chi connectivity index (χ1v) is 8.41. The summed E-state index contributed by atoms with van der Waals surface area (Å²) in [5.41, 5.74) is -1.60. The van der Waals surface area contributed by atoms with Crippen molar-refractivity contribution < 1.29 is 18.0 Å². The minimum atomic E-state index is -4.29. The van der Waals surface area contributed by atoms with Crippen molar-refractivity contribution in [2.75, 3.05) is 0 Å². The second-order valence-corrected chi connectivity index (χ2v) is 6.42. The van der Waals surface area contributed by atoms with Gasteiger partial charge in [-0.3, -0.25) is 4.79 Å². The van der Waals surface area contributed by atoms with Crippen molar-refractivity contribution in [3.05, 3.63) is 54.1 Å². The fraction of sp³-hybridized carbons (Fsp3) is 0.278. The van der Waals surface area contributed by atoms with Gasteiger partial charge < -0.3 is 5.32 Å². The maximum atomic E-state index is 12.4. The zero-order valence-corrected chi connectivity index (χ0v) is 14.0. The molecule has 6 heteroatoms. The SMILES string of the molecule is CCCC(NC=O)c1ccccc1-c1ccc(SC(F)(F)F)cc1. The molecule has 0 heterocycles. The summed E-state index contributed by atoms with van der Waals surface area (Å²) in [4.78, 5) is 11.0. The number of alkyl halides is 3. The molecule has 0 fully saturated rings. The van der Waals surface area contributed by atoms with E-state index < -0.39 is 5.51 Å². The Morgan fingerprint density at radius 1 is 1.12 bits per heavy atom. The van der Waals surface area contributed by atoms with Gasteiger partial charge in [-0.1, -0.05) is 49.7 Å². The van der Waals surface area contributed by atoms with E-state index in [0.717, 1.165) is 29.5 Å². The van der Waals surface area contributed by atoms with E-state index in [1.165, 1.54) is 12.1 Å². The minimum absolute atomic E-state index is 0.118. The van der Waals surface area contributed by atoms with Crippen LogP contribution in [0.1, 0.15) is 31.4 Å². The quantitative estimate of drug-likeness (QED) is 0.522. The number of hydrogen-bond donors (Lipinski definition) is 1. The van der Waals surface area contributed by atoms with Gasteiger partial charge in [0.2, 0.25) is 6.41 Å². The van der Waals surface area contributed by atoms with Gasteiger partial charge >= 0.3 is 5.51 Å². The molecule has 0 aliphatic carbocycles. The summed E-state index contributed by atoms with van der Waals surface area (Å²) in [6.45, 7) is 2.03. The number of nitrogens with one attached hydrogen (secondary N) is 1. The number of carbonyl (C=O) groups excluding carboxylic acids is 1. The molecular weight excluding hydrogens is 335 g/mol. The predicted octanol–water partition coefficient (Wildman–Crippen LogP) is 5.55. The number of rotatable bonds is 7. The molecule has 0 aromatic heterocycles. The van der Waals surface area contributed by atoms with Crippen LogP contribution < -0.4 is 5.32 Å². The normalized spacial score (nSPS) is 12.7. The molecule has 2 rings (SSSR count). The lowest BCUT2D eigenvalue weighted by Gasteiger charge is -2.19. The molecule has 0 saturated carbocycles. The number of hydrogen-bond acceptors (Lipinski definition) is 2. The van der Waals surface area contributed by atoms with Crippen molar-refractivity contribution in [1.29, 1.82) is 0 Å². The maximum absolute atomic E-state index is 12.4. The van der Waals surface area contributed by atoms with E-state index in [2.05, 4.69) is 5.32 Å². The van der Waals surface area contributed by atoms with Gasteiger partial charge in [0, 0.05) is 4.90 Å². The summed E-state index contributed by atoms with van der Waals surface area (Å²) < 4.78 is 37.3. The number of amides is 1. The Hall–Kier alpha value is -1.95. The molecule has 0 bridgehead atoms. The first kappa shape index (κ1) is 18.4. The number of carbonyl (C=O) groups is 1. The second-order valence-electron chi connectivity index (χ2n) is 5.29. The topological polar surface area (TPSA) is 29.1 Å². The van der Waals surface area contributed by atoms with Gasteiger partial charge in [-0.15, -0.1) is 0 Å². The highest BCUT2D eigenvalue weighted by Crippen LogP contribution is 2.38. The molecule has 0 aliphatic heterocycles. The summed E-state index contributed by atoms with van der Waals surface area (Å²) >= 11 is -0.127. The van der Waals surface area contributed by atoms with Crippen LogP contribution in [0.2, 0.25) is 0 Å². The zero-order chi connectivity index (χ0) is 17.6. The monoisotopic (exact) mass is 353 g/mol. The van der Waals surface area contributed by atoms with Crippen LogP contribution in [0.25, 0.3) is 11.1 Å². The maximum Gasteiger partial charge on any atom is 0.446 e. The highest BCUT2D eigenvalue weighted by molar-refractivity contribution is 8.00. The van der Waals surface area contributed by atoms with E-state index in [0.29, 0.717) is 6.41 Å². The van der Waals surface area contributed by atoms with E-state index in [1.807, 2.05) is 31.2 Å². The Morgan fingerprint density at radius 3 is 2.38 bits per heavy atom. The Bertz CT molecular complexity index is 671. The van der Waals surface area contributed by atoms with Gasteiger partial charge in [0.15, 0.2) is 0 Å². The Kier molecular flexibility index (Phi) is 6.31. The molecule has 0 saturated heterocycles. The van der Waals surface area contributed by atoms with Crippen LogP contribution in [0.15, 0.2) is 53.4 Å². The Balaban J connectivity index is 2.33. The third-order valence-corrected chi connectivity index (χ3v) is 4.32. The molecule has 2 nitrogen and oxygen atoms in total. The number of halogens is 3. The first-order chi connectivity index (χ1) is 11.4. The average molecular weight is 353 g/mol. The zero-order valence-electron chi connectivity index (χ0n) is 13.1. The van der Waals surface area contributed by atoms with E-state index in [-0.39, 0.29) is 22.7 Å². The van der Waals surface area contributed by atoms with Crippen LogP contribution in [0.4, 0.5) is 13.2 Å². The van der Waals surface area contributed by atoms with Crippen molar-refractivity contribution in [2.24, 2.45) is 0 Å². The van der Waals surface area contributed by atoms with E-state index in [4.69, 9.17) is 0 Å². The molecular formula is C18H18F3NOS. The van der Waals surface area contributed by atoms with Crippen LogP contribution in [0, 0.1) is 0 Å². The Labute approximate surface area is 143 Å². The Morgan fingerprint density at radius 2 is 1.79 bits per heavy atom. The van der Waals surface area contributed by atoms with Gasteiger partial charge in [-0.05, 0) is 47.0 Å². The molecule has 1 N–H and O–H groups in total. The molecule has 2 aromatic carbocycles. The highest BCUT2D eigenvalue weighted by Gasteiger charge is 2.29. The van der Waals surface area contributed by atoms with Gasteiger partial charge in [0.05, 0.1) is 6.04 Å². The molecule has 24 heavy (non-hydrogen) atoms. The fourth-order valence-corrected chi connectivity index (χ4v) is 3.14. The predicted molar refractivity (Wildman–Crippen MR) is 90.6 cm³/mol. The standard InChI is InChI=1S/C18H18F3NOS/c1-2-5-17(22-12-23)16-7-4-3-6-15(16)13-8-10-14(11-9-13)24-18(19,20)21/h3-4,6-12,17H,2,5H2,1H3,(H,22,23). The van der Waals surface area contributed by atoms with Crippen molar-refractivity contribution in [1.82, 2.24) is 5.32 Å². The molecule has 1 unspecified atom stereocenters. The molecule has 2 aromatic rings. The summed E-state index contributed by atoms with van der Waals surface area (Å²) in [6, 6.07) is 13.8. The van der Waals surface area contributed by atoms with Crippen LogP contribution in [0.3, 0.4) is 0 Å². The second kappa shape index (κ2) is 8.24. The number of benzene rings is 2. The van der Waals surface area contributed by atoms with Crippen LogP contribution in [-0.4, -0.2) is 11.9 Å². The van der Waals surface area contributed by atoms with Gasteiger partial charge in [-0.2, -0.15) is 13.2 Å². The summed E-state index contributed by atoms with van der Waals surface area (Å²) in [6.07, 6.45) is 2.37. The molecule has 128 valence electrons. The molecule has 0 radical (unpaired) electrons. The van der Waals surface area contributed by atoms with Crippen molar-refractivity contribution in [3.8, 4) is 11.1 Å². The molecule has 1 atom stereocenters. The first-order valence-electron chi connectivity index (χ1n) is 7.59. The molecule has 0 spiro atoms. The van der Waals surface area contributed by atoms with Crippen LogP contribution in [-0.2, 0) is 4.79 Å². The third-order valence-electron chi connectivity index (χ3n) is 3.58. The van der Waals surface area contributed by atoms with Gasteiger partial charge in [0.1, 0.15) is 0 Å². The fourth-order valence-electron chi connectivity index (χ4n) is 2.60. The highest BCUT2D eigenvalue weighted by atomic mass is 32.2. The molecule has 1 amide bonds. The van der Waals surface area contributed by atoms with Gasteiger partial charge in [-0.25, -0.2) is 0 Å². The number of thioether (sulfide) groups is 1. The van der Waals surface area contributed by atoms with Crippen molar-refractivity contribution >= 4 is 18.2 Å². The summed E-state index contributed by atoms with van der Waals surface area (Å²) in [7, 11) is 0.